The monoisotopic (exact) mass is 272 g/mol. The van der Waals surface area contributed by atoms with E-state index in [9.17, 15) is 9.59 Å². The molecule has 1 aliphatic heterocycles. The Morgan fingerprint density at radius 2 is 1.89 bits per heavy atom. The van der Waals surface area contributed by atoms with E-state index < -0.39 is 17.6 Å². The third kappa shape index (κ3) is 4.09. The molecule has 110 valence electrons. The zero-order valence-corrected chi connectivity index (χ0v) is 12.3. The van der Waals surface area contributed by atoms with Crippen LogP contribution in [0.3, 0.4) is 0 Å². The van der Waals surface area contributed by atoms with Gasteiger partial charge in [-0.3, -0.25) is 4.79 Å². The number of carbonyl (C=O) groups is 2. The normalized spacial score (nSPS) is 27.9. The van der Waals surface area contributed by atoms with Crippen molar-refractivity contribution in [3.05, 3.63) is 0 Å². The summed E-state index contributed by atoms with van der Waals surface area (Å²) in [6, 6.07) is -0.341. The minimum absolute atomic E-state index is 0.0502. The number of carbonyl (C=O) groups excluding carboxylic acids is 2. The predicted molar refractivity (Wildman–Crippen MR) is 70.5 cm³/mol. The number of hydrogen-bond donors (Lipinski definition) is 1. The van der Waals surface area contributed by atoms with Gasteiger partial charge in [0, 0.05) is 18.6 Å². The van der Waals surface area contributed by atoms with Crippen LogP contribution in [0.5, 0.6) is 0 Å². The summed E-state index contributed by atoms with van der Waals surface area (Å²) in [6.07, 6.45) is 0.139. The maximum Gasteiger partial charge on any atom is 0.410 e. The van der Waals surface area contributed by atoms with E-state index in [4.69, 9.17) is 15.2 Å². The molecule has 0 aromatic rings. The molecule has 2 N–H and O–H groups in total. The average molecular weight is 272 g/mol. The van der Waals surface area contributed by atoms with E-state index in [1.807, 2.05) is 27.7 Å². The Kier molecular flexibility index (Phi) is 4.79. The molecule has 19 heavy (non-hydrogen) atoms. The number of methoxy groups -OCH3 is 1. The van der Waals surface area contributed by atoms with E-state index in [0.29, 0.717) is 6.42 Å². The summed E-state index contributed by atoms with van der Waals surface area (Å²) in [4.78, 5) is 25.3. The third-order valence-electron chi connectivity index (χ3n) is 3.19. The fraction of sp³-hybridized carbons (Fsp3) is 0.846. The van der Waals surface area contributed by atoms with Crippen LogP contribution < -0.4 is 5.73 Å². The highest BCUT2D eigenvalue weighted by Crippen LogP contribution is 2.24. The van der Waals surface area contributed by atoms with Gasteiger partial charge in [-0.15, -0.1) is 0 Å². The summed E-state index contributed by atoms with van der Waals surface area (Å²) >= 11 is 0. The average Bonchev–Trinajstić information content (AvgIpc) is 2.25. The van der Waals surface area contributed by atoms with Crippen LogP contribution in [0.4, 0.5) is 4.79 Å². The fourth-order valence-corrected chi connectivity index (χ4v) is 2.19. The van der Waals surface area contributed by atoms with Gasteiger partial charge in [0.1, 0.15) is 5.60 Å². The van der Waals surface area contributed by atoms with E-state index in [1.165, 1.54) is 7.11 Å². The first kappa shape index (κ1) is 15.8. The summed E-state index contributed by atoms with van der Waals surface area (Å²) in [7, 11) is 1.32. The maximum absolute atomic E-state index is 12.1. The molecule has 6 heteroatoms. The number of piperidine rings is 1. The molecule has 1 saturated heterocycles. The molecule has 1 fully saturated rings. The SMILES string of the molecule is COC(=O)C1CN(C(=O)OC(C)(C)C)C(C)CC1N. The number of rotatable bonds is 1. The third-order valence-corrected chi connectivity index (χ3v) is 3.19. The van der Waals surface area contributed by atoms with Crippen molar-refractivity contribution in [2.45, 2.75) is 51.8 Å². The minimum Gasteiger partial charge on any atom is -0.469 e. The van der Waals surface area contributed by atoms with Crippen molar-refractivity contribution in [2.75, 3.05) is 13.7 Å². The standard InChI is InChI=1S/C13H24N2O4/c1-8-6-10(14)9(11(16)18-5)7-15(8)12(17)19-13(2,3)4/h8-10H,6-7,14H2,1-5H3. The largest absolute Gasteiger partial charge is 0.469 e. The van der Waals surface area contributed by atoms with Gasteiger partial charge in [0.05, 0.1) is 13.0 Å². The highest BCUT2D eigenvalue weighted by molar-refractivity contribution is 5.75. The maximum atomic E-state index is 12.1. The highest BCUT2D eigenvalue weighted by atomic mass is 16.6. The number of ether oxygens (including phenoxy) is 2. The van der Waals surface area contributed by atoms with E-state index in [2.05, 4.69) is 0 Å². The lowest BCUT2D eigenvalue weighted by Crippen LogP contribution is -2.56. The molecule has 1 amide bonds. The molecule has 3 unspecified atom stereocenters. The Hall–Kier alpha value is -1.30. The van der Waals surface area contributed by atoms with Crippen LogP contribution in [-0.4, -0.2) is 48.3 Å². The molecule has 3 atom stereocenters. The van der Waals surface area contributed by atoms with Gasteiger partial charge in [0.15, 0.2) is 0 Å². The number of likely N-dealkylation sites (tertiary alicyclic amines) is 1. The first-order valence-corrected chi connectivity index (χ1v) is 6.48. The quantitative estimate of drug-likeness (QED) is 0.724. The lowest BCUT2D eigenvalue weighted by molar-refractivity contribution is -0.148. The molecule has 6 nitrogen and oxygen atoms in total. The zero-order chi connectivity index (χ0) is 14.8. The molecule has 0 radical (unpaired) electrons. The first-order valence-electron chi connectivity index (χ1n) is 6.48. The van der Waals surface area contributed by atoms with Crippen LogP contribution in [0.1, 0.15) is 34.1 Å². The van der Waals surface area contributed by atoms with E-state index in [1.54, 1.807) is 4.90 Å². The second-order valence-corrected chi connectivity index (χ2v) is 6.01. The molecule has 1 heterocycles. The van der Waals surface area contributed by atoms with Crippen LogP contribution >= 0.6 is 0 Å². The van der Waals surface area contributed by atoms with E-state index in [-0.39, 0.29) is 24.6 Å². The van der Waals surface area contributed by atoms with Crippen molar-refractivity contribution in [1.82, 2.24) is 4.90 Å². The van der Waals surface area contributed by atoms with Gasteiger partial charge in [-0.2, -0.15) is 0 Å². The molecule has 1 rings (SSSR count). The second-order valence-electron chi connectivity index (χ2n) is 6.01. The fourth-order valence-electron chi connectivity index (χ4n) is 2.19. The van der Waals surface area contributed by atoms with Gasteiger partial charge in [0.2, 0.25) is 0 Å². The smallest absolute Gasteiger partial charge is 0.410 e. The van der Waals surface area contributed by atoms with Crippen molar-refractivity contribution in [1.29, 1.82) is 0 Å². The minimum atomic E-state index is -0.558. The lowest BCUT2D eigenvalue weighted by Gasteiger charge is -2.40. The summed E-state index contributed by atoms with van der Waals surface area (Å²) in [5.41, 5.74) is 5.40. The predicted octanol–water partition coefficient (Wildman–Crippen LogP) is 1.13. The lowest BCUT2D eigenvalue weighted by atomic mass is 9.89. The molecular formula is C13H24N2O4. The van der Waals surface area contributed by atoms with Gasteiger partial charge >= 0.3 is 12.1 Å². The first-order chi connectivity index (χ1) is 8.65. The van der Waals surface area contributed by atoms with Crippen LogP contribution in [-0.2, 0) is 14.3 Å². The van der Waals surface area contributed by atoms with Crippen LogP contribution in [0.15, 0.2) is 0 Å². The van der Waals surface area contributed by atoms with Crippen molar-refractivity contribution in [2.24, 2.45) is 11.7 Å². The van der Waals surface area contributed by atoms with Crippen molar-refractivity contribution in [3.8, 4) is 0 Å². The Morgan fingerprint density at radius 3 is 2.37 bits per heavy atom. The van der Waals surface area contributed by atoms with Gasteiger partial charge in [0.25, 0.3) is 0 Å². The van der Waals surface area contributed by atoms with Gasteiger partial charge < -0.3 is 20.1 Å². The zero-order valence-electron chi connectivity index (χ0n) is 12.3. The van der Waals surface area contributed by atoms with Crippen molar-refractivity contribution in [3.63, 3.8) is 0 Å². The molecule has 0 bridgehead atoms. The number of hydrogen-bond acceptors (Lipinski definition) is 5. The van der Waals surface area contributed by atoms with Crippen LogP contribution in [0.2, 0.25) is 0 Å². The number of nitrogens with zero attached hydrogens (tertiary/aromatic N) is 1. The Bertz CT molecular complexity index is 351. The van der Waals surface area contributed by atoms with Crippen molar-refractivity contribution >= 4 is 12.1 Å². The summed E-state index contributed by atoms with van der Waals surface area (Å²) in [6.45, 7) is 7.57. The van der Waals surface area contributed by atoms with Crippen LogP contribution in [0, 0.1) is 5.92 Å². The highest BCUT2D eigenvalue weighted by Gasteiger charge is 2.39. The van der Waals surface area contributed by atoms with Gasteiger partial charge in [-0.25, -0.2) is 4.79 Å². The molecule has 0 spiro atoms. The van der Waals surface area contributed by atoms with E-state index in [0.717, 1.165) is 0 Å². The molecule has 0 aliphatic carbocycles. The van der Waals surface area contributed by atoms with Gasteiger partial charge in [-0.05, 0) is 34.1 Å². The second kappa shape index (κ2) is 5.77. The molecule has 0 saturated carbocycles. The van der Waals surface area contributed by atoms with Gasteiger partial charge in [-0.1, -0.05) is 0 Å². The Labute approximate surface area is 114 Å². The molecule has 0 aromatic heterocycles. The number of nitrogens with two attached hydrogens (primary N) is 1. The summed E-state index contributed by atoms with van der Waals surface area (Å²) in [5, 5.41) is 0. The van der Waals surface area contributed by atoms with E-state index >= 15 is 0 Å². The summed E-state index contributed by atoms with van der Waals surface area (Å²) in [5.74, 6) is -0.873. The Balaban J connectivity index is 2.77. The Morgan fingerprint density at radius 1 is 1.32 bits per heavy atom. The molecule has 0 aromatic carbocycles. The number of esters is 1. The molecule has 1 aliphatic rings. The number of amides is 1. The summed E-state index contributed by atoms with van der Waals surface area (Å²) < 4.78 is 10.1. The molecular weight excluding hydrogens is 248 g/mol. The van der Waals surface area contributed by atoms with Crippen molar-refractivity contribution < 1.29 is 19.1 Å². The van der Waals surface area contributed by atoms with Crippen LogP contribution in [0.25, 0.3) is 0 Å². The topological polar surface area (TPSA) is 81.9 Å².